The van der Waals surface area contributed by atoms with Crippen molar-refractivity contribution in [3.8, 4) is 0 Å². The van der Waals surface area contributed by atoms with Crippen LogP contribution in [-0.2, 0) is 4.74 Å². The molecular weight excluding hydrogens is 194 g/mol. The zero-order valence-electron chi connectivity index (χ0n) is 8.26. The third-order valence-corrected chi connectivity index (χ3v) is 2.33. The summed E-state index contributed by atoms with van der Waals surface area (Å²) in [5.41, 5.74) is 1.59. The summed E-state index contributed by atoms with van der Waals surface area (Å²) in [5.74, 6) is 0. The van der Waals surface area contributed by atoms with E-state index in [1.807, 2.05) is 12.1 Å². The molecule has 80 valence electrons. The highest BCUT2D eigenvalue weighted by molar-refractivity contribution is 5.78. The molecule has 0 bridgehead atoms. The number of ether oxygens (including phenoxy) is 1. The molecule has 0 radical (unpaired) electrons. The fraction of sp³-hybridized carbons (Fsp3) is 0.400. The van der Waals surface area contributed by atoms with E-state index in [4.69, 9.17) is 9.94 Å². The van der Waals surface area contributed by atoms with Crippen molar-refractivity contribution >= 4 is 6.21 Å². The Kier molecular flexibility index (Phi) is 3.26. The van der Waals surface area contributed by atoms with Gasteiger partial charge < -0.3 is 15.3 Å². The molecule has 1 aromatic heterocycles. The van der Waals surface area contributed by atoms with Crippen LogP contribution in [0.5, 0.6) is 0 Å². The molecule has 0 spiro atoms. The van der Waals surface area contributed by atoms with Gasteiger partial charge in [0, 0.05) is 24.8 Å². The second-order valence-corrected chi connectivity index (χ2v) is 3.29. The van der Waals surface area contributed by atoms with Gasteiger partial charge in [-0.3, -0.25) is 4.98 Å². The van der Waals surface area contributed by atoms with Gasteiger partial charge in [-0.1, -0.05) is 11.2 Å². The van der Waals surface area contributed by atoms with E-state index < -0.39 is 0 Å². The van der Waals surface area contributed by atoms with Crippen LogP contribution in [0.3, 0.4) is 0 Å². The van der Waals surface area contributed by atoms with Crippen molar-refractivity contribution in [3.63, 3.8) is 0 Å². The number of nitrogens with one attached hydrogen (secondary N) is 1. The van der Waals surface area contributed by atoms with Crippen LogP contribution in [0.2, 0.25) is 0 Å². The Labute approximate surface area is 87.8 Å². The predicted octanol–water partition coefficient (Wildman–Crippen LogP) is 0.551. The molecule has 2 N–H and O–H groups in total. The Morgan fingerprint density at radius 2 is 2.60 bits per heavy atom. The van der Waals surface area contributed by atoms with E-state index >= 15 is 0 Å². The quantitative estimate of drug-likeness (QED) is 0.422. The molecule has 1 fully saturated rings. The molecule has 15 heavy (non-hydrogen) atoms. The molecule has 0 aliphatic carbocycles. The fourth-order valence-corrected chi connectivity index (χ4v) is 1.63. The minimum Gasteiger partial charge on any atom is -0.411 e. The summed E-state index contributed by atoms with van der Waals surface area (Å²) in [4.78, 5) is 4.13. The lowest BCUT2D eigenvalue weighted by atomic mass is 10.1. The van der Waals surface area contributed by atoms with Crippen molar-refractivity contribution in [2.24, 2.45) is 5.16 Å². The summed E-state index contributed by atoms with van der Waals surface area (Å²) in [6.45, 7) is 2.33. The first-order chi connectivity index (χ1) is 7.42. The Bertz CT molecular complexity index is 348. The summed E-state index contributed by atoms with van der Waals surface area (Å²) < 4.78 is 5.61. The third kappa shape index (κ3) is 2.31. The minimum atomic E-state index is -0.0135. The maximum Gasteiger partial charge on any atom is 0.0971 e. The topological polar surface area (TPSA) is 66.7 Å². The van der Waals surface area contributed by atoms with Crippen LogP contribution in [-0.4, -0.2) is 36.1 Å². The van der Waals surface area contributed by atoms with Gasteiger partial charge >= 0.3 is 0 Å². The summed E-state index contributed by atoms with van der Waals surface area (Å²) in [6, 6.07) is 3.78. The van der Waals surface area contributed by atoms with Gasteiger partial charge in [0.2, 0.25) is 0 Å². The van der Waals surface area contributed by atoms with Gasteiger partial charge in [0.05, 0.1) is 24.6 Å². The van der Waals surface area contributed by atoms with Gasteiger partial charge in [0.15, 0.2) is 0 Å². The van der Waals surface area contributed by atoms with Gasteiger partial charge in [-0.25, -0.2) is 0 Å². The van der Waals surface area contributed by atoms with Crippen molar-refractivity contribution in [1.82, 2.24) is 10.3 Å². The summed E-state index contributed by atoms with van der Waals surface area (Å²) in [6.07, 6.45) is 2.98. The number of oxime groups is 1. The molecule has 1 unspecified atom stereocenters. The predicted molar refractivity (Wildman–Crippen MR) is 55.2 cm³/mol. The van der Waals surface area contributed by atoms with Gasteiger partial charge in [-0.15, -0.1) is 0 Å². The lowest BCUT2D eigenvalue weighted by Gasteiger charge is -2.24. The second kappa shape index (κ2) is 4.86. The number of morpholine rings is 1. The Balaban J connectivity index is 2.25. The lowest BCUT2D eigenvalue weighted by Crippen LogP contribution is -2.33. The molecule has 0 amide bonds. The Morgan fingerprint density at radius 3 is 3.33 bits per heavy atom. The maximum atomic E-state index is 8.52. The van der Waals surface area contributed by atoms with Crippen molar-refractivity contribution in [2.75, 3.05) is 19.7 Å². The van der Waals surface area contributed by atoms with Crippen molar-refractivity contribution in [3.05, 3.63) is 29.6 Å². The van der Waals surface area contributed by atoms with Crippen LogP contribution in [0, 0.1) is 0 Å². The van der Waals surface area contributed by atoms with E-state index in [-0.39, 0.29) is 6.10 Å². The van der Waals surface area contributed by atoms with E-state index in [1.165, 1.54) is 6.21 Å². The van der Waals surface area contributed by atoms with Crippen LogP contribution >= 0.6 is 0 Å². The standard InChI is InChI=1S/C10H13N3O2/c14-13-6-9-8(2-1-3-12-9)10-7-11-4-5-15-10/h1-3,6,10-11,14H,4-5,7H2. The zero-order chi connectivity index (χ0) is 10.5. The Morgan fingerprint density at radius 1 is 1.67 bits per heavy atom. The number of nitrogens with zero attached hydrogens (tertiary/aromatic N) is 2. The van der Waals surface area contributed by atoms with E-state index in [1.54, 1.807) is 6.20 Å². The van der Waals surface area contributed by atoms with Crippen molar-refractivity contribution in [1.29, 1.82) is 0 Å². The maximum absolute atomic E-state index is 8.52. The Hall–Kier alpha value is -1.46. The summed E-state index contributed by atoms with van der Waals surface area (Å²) >= 11 is 0. The molecule has 0 saturated carbocycles. The highest BCUT2D eigenvalue weighted by Crippen LogP contribution is 2.20. The molecule has 5 nitrogen and oxygen atoms in total. The molecule has 0 aromatic carbocycles. The first-order valence-corrected chi connectivity index (χ1v) is 4.86. The van der Waals surface area contributed by atoms with E-state index in [2.05, 4.69) is 15.5 Å². The number of hydrogen-bond acceptors (Lipinski definition) is 5. The largest absolute Gasteiger partial charge is 0.411 e. The fourth-order valence-electron chi connectivity index (χ4n) is 1.63. The normalized spacial score (nSPS) is 22.0. The molecule has 1 atom stereocenters. The highest BCUT2D eigenvalue weighted by Gasteiger charge is 2.18. The van der Waals surface area contributed by atoms with E-state index in [9.17, 15) is 0 Å². The lowest BCUT2D eigenvalue weighted by molar-refractivity contribution is 0.0274. The van der Waals surface area contributed by atoms with Crippen LogP contribution in [0.15, 0.2) is 23.5 Å². The number of pyridine rings is 1. The number of hydrogen-bond donors (Lipinski definition) is 2. The van der Waals surface area contributed by atoms with Crippen molar-refractivity contribution < 1.29 is 9.94 Å². The zero-order valence-corrected chi connectivity index (χ0v) is 8.26. The SMILES string of the molecule is ON=Cc1ncccc1C1CNCCO1. The first kappa shape index (κ1) is 10.1. The molecule has 1 aromatic rings. The van der Waals surface area contributed by atoms with Crippen LogP contribution < -0.4 is 5.32 Å². The first-order valence-electron chi connectivity index (χ1n) is 4.86. The van der Waals surface area contributed by atoms with Gasteiger partial charge in [-0.05, 0) is 6.07 Å². The second-order valence-electron chi connectivity index (χ2n) is 3.29. The third-order valence-electron chi connectivity index (χ3n) is 2.33. The average Bonchev–Trinajstić information content (AvgIpc) is 2.31. The van der Waals surface area contributed by atoms with Crippen LogP contribution in [0.4, 0.5) is 0 Å². The highest BCUT2D eigenvalue weighted by atomic mass is 16.5. The number of aromatic nitrogens is 1. The molecule has 2 heterocycles. The molecule has 5 heteroatoms. The molecule has 1 aliphatic heterocycles. The van der Waals surface area contributed by atoms with Crippen LogP contribution in [0.25, 0.3) is 0 Å². The van der Waals surface area contributed by atoms with E-state index in [0.29, 0.717) is 12.3 Å². The summed E-state index contributed by atoms with van der Waals surface area (Å²) in [5, 5.41) is 14.8. The minimum absolute atomic E-state index is 0.0135. The molecule has 1 aliphatic rings. The number of rotatable bonds is 2. The van der Waals surface area contributed by atoms with Crippen molar-refractivity contribution in [2.45, 2.75) is 6.10 Å². The van der Waals surface area contributed by atoms with E-state index in [0.717, 1.165) is 18.7 Å². The van der Waals surface area contributed by atoms with Gasteiger partial charge in [0.1, 0.15) is 0 Å². The van der Waals surface area contributed by atoms with Crippen LogP contribution in [0.1, 0.15) is 17.4 Å². The monoisotopic (exact) mass is 207 g/mol. The smallest absolute Gasteiger partial charge is 0.0971 e. The summed E-state index contributed by atoms with van der Waals surface area (Å²) in [7, 11) is 0. The van der Waals surface area contributed by atoms with Gasteiger partial charge in [-0.2, -0.15) is 0 Å². The average molecular weight is 207 g/mol. The molecular formula is C10H13N3O2. The van der Waals surface area contributed by atoms with Gasteiger partial charge in [0.25, 0.3) is 0 Å². The molecule has 1 saturated heterocycles. The molecule has 2 rings (SSSR count).